The van der Waals surface area contributed by atoms with E-state index in [1.807, 2.05) is 49.4 Å². The van der Waals surface area contributed by atoms with E-state index in [9.17, 15) is 14.4 Å². The number of nitrogens with one attached hydrogen (secondary N) is 1. The fourth-order valence-corrected chi connectivity index (χ4v) is 2.74. The molecule has 0 fully saturated rings. The first-order valence-electron chi connectivity index (χ1n) is 9.77. The molecule has 2 aromatic rings. The highest BCUT2D eigenvalue weighted by Gasteiger charge is 2.13. The second-order valence-corrected chi connectivity index (χ2v) is 6.80. The summed E-state index contributed by atoms with van der Waals surface area (Å²) in [5.74, 6) is 0.230. The van der Waals surface area contributed by atoms with Crippen LogP contribution in [0.15, 0.2) is 54.6 Å². The van der Waals surface area contributed by atoms with Crippen molar-refractivity contribution in [3.05, 3.63) is 65.7 Å². The number of Topliss-reactive ketones (excluding diaryl/α,β-unsaturated/α-hetero) is 1. The monoisotopic (exact) mass is 396 g/mol. The maximum Gasteiger partial charge on any atom is 0.258 e. The summed E-state index contributed by atoms with van der Waals surface area (Å²) in [5.41, 5.74) is 2.09. The van der Waals surface area contributed by atoms with Crippen LogP contribution in [0.2, 0.25) is 0 Å². The number of ether oxygens (including phenoxy) is 1. The van der Waals surface area contributed by atoms with Crippen LogP contribution < -0.4 is 10.1 Å². The van der Waals surface area contributed by atoms with E-state index in [0.29, 0.717) is 31.7 Å². The van der Waals surface area contributed by atoms with Crippen molar-refractivity contribution in [1.29, 1.82) is 0 Å². The highest BCUT2D eigenvalue weighted by molar-refractivity contribution is 5.85. The molecule has 0 heterocycles. The Morgan fingerprint density at radius 2 is 1.66 bits per heavy atom. The fraction of sp³-hybridized carbons (Fsp3) is 0.348. The van der Waals surface area contributed by atoms with E-state index in [4.69, 9.17) is 4.74 Å². The standard InChI is InChI=1S/C23H28N2O4/c1-3-25(16-20-7-5-4-6-8-20)23(28)15-24-22(27)17-29-21-13-11-19(12-14-21)10-9-18(2)26/h4-8,11-14H,3,9-10,15-17H2,1-2H3,(H,24,27). The molecule has 0 aliphatic carbocycles. The summed E-state index contributed by atoms with van der Waals surface area (Å²) in [6.45, 7) is 4.33. The van der Waals surface area contributed by atoms with E-state index in [0.717, 1.165) is 11.1 Å². The molecule has 0 aliphatic heterocycles. The van der Waals surface area contributed by atoms with E-state index in [2.05, 4.69) is 5.32 Å². The van der Waals surface area contributed by atoms with Crippen molar-refractivity contribution in [3.8, 4) is 5.75 Å². The molecule has 0 aromatic heterocycles. The maximum absolute atomic E-state index is 12.4. The van der Waals surface area contributed by atoms with Crippen LogP contribution in [0.4, 0.5) is 0 Å². The third kappa shape index (κ3) is 8.17. The largest absolute Gasteiger partial charge is 0.484 e. The molecule has 154 valence electrons. The molecule has 6 heteroatoms. The van der Waals surface area contributed by atoms with Gasteiger partial charge in [0.2, 0.25) is 5.91 Å². The molecule has 6 nitrogen and oxygen atoms in total. The van der Waals surface area contributed by atoms with Gasteiger partial charge >= 0.3 is 0 Å². The van der Waals surface area contributed by atoms with Gasteiger partial charge in [0, 0.05) is 19.5 Å². The first-order valence-corrected chi connectivity index (χ1v) is 9.77. The fourth-order valence-electron chi connectivity index (χ4n) is 2.74. The number of nitrogens with zero attached hydrogens (tertiary/aromatic N) is 1. The normalized spacial score (nSPS) is 10.3. The molecule has 0 atom stereocenters. The maximum atomic E-state index is 12.4. The number of rotatable bonds is 11. The number of carbonyl (C=O) groups excluding carboxylic acids is 3. The van der Waals surface area contributed by atoms with Crippen molar-refractivity contribution in [2.24, 2.45) is 0 Å². The van der Waals surface area contributed by atoms with E-state index in [-0.39, 0.29) is 30.7 Å². The van der Waals surface area contributed by atoms with Crippen LogP contribution in [-0.4, -0.2) is 42.2 Å². The molecule has 0 unspecified atom stereocenters. The second kappa shape index (κ2) is 11.6. The Bertz CT molecular complexity index is 803. The highest BCUT2D eigenvalue weighted by Crippen LogP contribution is 2.13. The van der Waals surface area contributed by atoms with Crippen LogP contribution in [0, 0.1) is 0 Å². The predicted molar refractivity (Wildman–Crippen MR) is 111 cm³/mol. The average molecular weight is 396 g/mol. The minimum Gasteiger partial charge on any atom is -0.484 e. The van der Waals surface area contributed by atoms with Crippen LogP contribution in [0.25, 0.3) is 0 Å². The van der Waals surface area contributed by atoms with Crippen molar-refractivity contribution in [1.82, 2.24) is 10.2 Å². The van der Waals surface area contributed by atoms with E-state index in [1.54, 1.807) is 24.0 Å². The van der Waals surface area contributed by atoms with Crippen molar-refractivity contribution in [3.63, 3.8) is 0 Å². The number of amides is 2. The number of ketones is 1. The Balaban J connectivity index is 1.73. The molecule has 0 radical (unpaired) electrons. The van der Waals surface area contributed by atoms with Gasteiger partial charge in [0.1, 0.15) is 11.5 Å². The molecular formula is C23H28N2O4. The Hall–Kier alpha value is -3.15. The Kier molecular flexibility index (Phi) is 8.89. The molecule has 0 spiro atoms. The molecule has 0 saturated heterocycles. The number of hydrogen-bond acceptors (Lipinski definition) is 4. The van der Waals surface area contributed by atoms with E-state index < -0.39 is 0 Å². The number of hydrogen-bond donors (Lipinski definition) is 1. The van der Waals surface area contributed by atoms with Crippen LogP contribution in [-0.2, 0) is 27.3 Å². The topological polar surface area (TPSA) is 75.7 Å². The summed E-state index contributed by atoms with van der Waals surface area (Å²) in [4.78, 5) is 37.1. The molecule has 2 aromatic carbocycles. The second-order valence-electron chi connectivity index (χ2n) is 6.80. The van der Waals surface area contributed by atoms with Gasteiger partial charge in [0.15, 0.2) is 6.61 Å². The van der Waals surface area contributed by atoms with Crippen LogP contribution >= 0.6 is 0 Å². The van der Waals surface area contributed by atoms with Crippen molar-refractivity contribution in [2.75, 3.05) is 19.7 Å². The summed E-state index contributed by atoms with van der Waals surface area (Å²) in [6.07, 6.45) is 1.20. The molecule has 29 heavy (non-hydrogen) atoms. The van der Waals surface area contributed by atoms with Gasteiger partial charge < -0.3 is 19.7 Å². The van der Waals surface area contributed by atoms with Gasteiger partial charge in [0.25, 0.3) is 5.91 Å². The SMILES string of the molecule is CCN(Cc1ccccc1)C(=O)CNC(=O)COc1ccc(CCC(C)=O)cc1. The van der Waals surface area contributed by atoms with Gasteiger partial charge in [-0.25, -0.2) is 0 Å². The third-order valence-corrected chi connectivity index (χ3v) is 4.45. The lowest BCUT2D eigenvalue weighted by atomic mass is 10.1. The van der Waals surface area contributed by atoms with Gasteiger partial charge in [-0.1, -0.05) is 42.5 Å². The molecule has 2 amide bonds. The van der Waals surface area contributed by atoms with Crippen LogP contribution in [0.3, 0.4) is 0 Å². The van der Waals surface area contributed by atoms with Gasteiger partial charge in [-0.2, -0.15) is 0 Å². The lowest BCUT2D eigenvalue weighted by Crippen LogP contribution is -2.41. The first-order chi connectivity index (χ1) is 14.0. The zero-order valence-corrected chi connectivity index (χ0v) is 17.0. The quantitative estimate of drug-likeness (QED) is 0.634. The Morgan fingerprint density at radius 3 is 2.28 bits per heavy atom. The molecule has 2 rings (SSSR count). The molecule has 0 aliphatic rings. The summed E-state index contributed by atoms with van der Waals surface area (Å²) in [7, 11) is 0. The highest BCUT2D eigenvalue weighted by atomic mass is 16.5. The number of likely N-dealkylation sites (N-methyl/N-ethyl adjacent to an activating group) is 1. The number of benzene rings is 2. The third-order valence-electron chi connectivity index (χ3n) is 4.45. The summed E-state index contributed by atoms with van der Waals surface area (Å²) in [5, 5.41) is 2.60. The van der Waals surface area contributed by atoms with Gasteiger partial charge in [0.05, 0.1) is 6.54 Å². The lowest BCUT2D eigenvalue weighted by molar-refractivity contribution is -0.133. The summed E-state index contributed by atoms with van der Waals surface area (Å²) < 4.78 is 5.46. The molecule has 1 N–H and O–H groups in total. The van der Waals surface area contributed by atoms with Crippen molar-refractivity contribution >= 4 is 17.6 Å². The lowest BCUT2D eigenvalue weighted by Gasteiger charge is -2.21. The van der Waals surface area contributed by atoms with Gasteiger partial charge in [-0.05, 0) is 43.5 Å². The first kappa shape index (κ1) is 22.1. The zero-order valence-electron chi connectivity index (χ0n) is 17.0. The molecule has 0 bridgehead atoms. The van der Waals surface area contributed by atoms with Gasteiger partial charge in [-0.3, -0.25) is 9.59 Å². The van der Waals surface area contributed by atoms with E-state index >= 15 is 0 Å². The van der Waals surface area contributed by atoms with Crippen LogP contribution in [0.1, 0.15) is 31.4 Å². The minimum absolute atomic E-state index is 0.0626. The van der Waals surface area contributed by atoms with Crippen molar-refractivity contribution < 1.29 is 19.1 Å². The van der Waals surface area contributed by atoms with Crippen molar-refractivity contribution in [2.45, 2.75) is 33.2 Å². The number of carbonyl (C=O) groups is 3. The smallest absolute Gasteiger partial charge is 0.258 e. The Morgan fingerprint density at radius 1 is 0.966 bits per heavy atom. The minimum atomic E-state index is -0.352. The van der Waals surface area contributed by atoms with Crippen LogP contribution in [0.5, 0.6) is 5.75 Å². The van der Waals surface area contributed by atoms with E-state index in [1.165, 1.54) is 0 Å². The van der Waals surface area contributed by atoms with Gasteiger partial charge in [-0.15, -0.1) is 0 Å². The zero-order chi connectivity index (χ0) is 21.1. The number of aryl methyl sites for hydroxylation is 1. The predicted octanol–water partition coefficient (Wildman–Crippen LogP) is 2.75. The summed E-state index contributed by atoms with van der Waals surface area (Å²) in [6, 6.07) is 17.0. The molecule has 0 saturated carbocycles. The molecular weight excluding hydrogens is 368 g/mol. The summed E-state index contributed by atoms with van der Waals surface area (Å²) >= 11 is 0. The Labute approximate surface area is 171 Å². The average Bonchev–Trinajstić information content (AvgIpc) is 2.74.